The van der Waals surface area contributed by atoms with Crippen molar-refractivity contribution in [3.63, 3.8) is 0 Å². The minimum atomic E-state index is -0.378. The molecule has 0 fully saturated rings. The van der Waals surface area contributed by atoms with Crippen LogP contribution in [-0.4, -0.2) is 15.7 Å². The number of thiophene rings is 1. The fourth-order valence-electron chi connectivity index (χ4n) is 3.06. The van der Waals surface area contributed by atoms with Crippen molar-refractivity contribution in [3.05, 3.63) is 75.8 Å². The number of para-hydroxylation sites is 1. The number of fused-ring (bicyclic) bond motifs is 1. The standard InChI is InChI=1S/C19H15N5OS/c1-12-16(19(25)23-14-6-3-2-4-7-14)17(15-8-5-9-26-15)24-18(22-12)13(10-20)11-21-24/h2-9,11,17,22H,1H3,(H,23,25)/t17-/m0/s1. The number of rotatable bonds is 3. The van der Waals surface area contributed by atoms with Crippen molar-refractivity contribution in [2.24, 2.45) is 0 Å². The van der Waals surface area contributed by atoms with E-state index >= 15 is 0 Å². The number of nitrogens with zero attached hydrogens (tertiary/aromatic N) is 3. The average molecular weight is 361 g/mol. The van der Waals surface area contributed by atoms with Gasteiger partial charge in [0.1, 0.15) is 23.5 Å². The topological polar surface area (TPSA) is 82.7 Å². The van der Waals surface area contributed by atoms with Gasteiger partial charge in [0.15, 0.2) is 0 Å². The van der Waals surface area contributed by atoms with Gasteiger partial charge in [-0.25, -0.2) is 4.68 Å². The second-order valence-electron chi connectivity index (χ2n) is 5.87. The van der Waals surface area contributed by atoms with Gasteiger partial charge >= 0.3 is 0 Å². The van der Waals surface area contributed by atoms with Gasteiger partial charge in [0.05, 0.1) is 11.8 Å². The minimum absolute atomic E-state index is 0.195. The van der Waals surface area contributed by atoms with E-state index in [2.05, 4.69) is 21.8 Å². The maximum atomic E-state index is 13.1. The van der Waals surface area contributed by atoms with Crippen LogP contribution in [0.3, 0.4) is 0 Å². The second-order valence-corrected chi connectivity index (χ2v) is 6.84. The van der Waals surface area contributed by atoms with Crippen LogP contribution < -0.4 is 10.6 Å². The lowest BCUT2D eigenvalue weighted by atomic mass is 10.00. The number of carbonyl (C=O) groups excluding carboxylic acids is 1. The van der Waals surface area contributed by atoms with Crippen molar-refractivity contribution < 1.29 is 4.79 Å². The molecule has 0 aliphatic carbocycles. The number of nitrogens with one attached hydrogen (secondary N) is 2. The molecule has 6 nitrogen and oxygen atoms in total. The van der Waals surface area contributed by atoms with Gasteiger partial charge in [0.2, 0.25) is 0 Å². The van der Waals surface area contributed by atoms with Crippen molar-refractivity contribution in [2.45, 2.75) is 13.0 Å². The van der Waals surface area contributed by atoms with E-state index in [0.717, 1.165) is 10.6 Å². The van der Waals surface area contributed by atoms with Crippen LogP contribution in [0.4, 0.5) is 11.5 Å². The third-order valence-electron chi connectivity index (χ3n) is 4.23. The van der Waals surface area contributed by atoms with Gasteiger partial charge in [-0.15, -0.1) is 11.3 Å². The summed E-state index contributed by atoms with van der Waals surface area (Å²) >= 11 is 1.55. The van der Waals surface area contributed by atoms with Crippen LogP contribution in [0.2, 0.25) is 0 Å². The quantitative estimate of drug-likeness (QED) is 0.744. The van der Waals surface area contributed by atoms with E-state index in [1.54, 1.807) is 16.0 Å². The Hall–Kier alpha value is -3.37. The van der Waals surface area contributed by atoms with Crippen molar-refractivity contribution in [1.82, 2.24) is 9.78 Å². The van der Waals surface area contributed by atoms with Crippen molar-refractivity contribution in [3.8, 4) is 6.07 Å². The lowest BCUT2D eigenvalue weighted by molar-refractivity contribution is -0.113. The summed E-state index contributed by atoms with van der Waals surface area (Å²) in [5, 5.41) is 21.8. The van der Waals surface area contributed by atoms with Crippen molar-refractivity contribution in [2.75, 3.05) is 10.6 Å². The molecule has 7 heteroatoms. The summed E-state index contributed by atoms with van der Waals surface area (Å²) < 4.78 is 1.71. The number of anilines is 2. The summed E-state index contributed by atoms with van der Waals surface area (Å²) in [7, 11) is 0. The molecule has 3 aromatic rings. The van der Waals surface area contributed by atoms with Gasteiger partial charge in [-0.05, 0) is 30.5 Å². The Bertz CT molecular complexity index is 1030. The van der Waals surface area contributed by atoms with Crippen molar-refractivity contribution >= 4 is 28.7 Å². The Balaban J connectivity index is 1.79. The van der Waals surface area contributed by atoms with E-state index in [9.17, 15) is 10.1 Å². The first kappa shape index (κ1) is 16.1. The van der Waals surface area contributed by atoms with E-state index in [0.29, 0.717) is 22.7 Å². The zero-order valence-corrected chi connectivity index (χ0v) is 14.7. The maximum Gasteiger partial charge on any atom is 0.255 e. The Kier molecular flexibility index (Phi) is 4.03. The van der Waals surface area contributed by atoms with Gasteiger partial charge < -0.3 is 10.6 Å². The first-order valence-electron chi connectivity index (χ1n) is 8.04. The first-order valence-corrected chi connectivity index (χ1v) is 8.92. The Morgan fingerprint density at radius 2 is 2.12 bits per heavy atom. The molecule has 0 radical (unpaired) electrons. The van der Waals surface area contributed by atoms with E-state index in [1.165, 1.54) is 6.20 Å². The first-order chi connectivity index (χ1) is 12.7. The largest absolute Gasteiger partial charge is 0.343 e. The van der Waals surface area contributed by atoms with Crippen LogP contribution in [0.15, 0.2) is 65.3 Å². The normalized spacial score (nSPS) is 15.8. The van der Waals surface area contributed by atoms with Crippen LogP contribution in [0, 0.1) is 11.3 Å². The van der Waals surface area contributed by atoms with E-state index in [-0.39, 0.29) is 11.9 Å². The molecule has 0 bridgehead atoms. The molecule has 2 N–H and O–H groups in total. The number of carbonyl (C=O) groups is 1. The monoisotopic (exact) mass is 361 g/mol. The summed E-state index contributed by atoms with van der Waals surface area (Å²) in [5.41, 5.74) is 2.47. The summed E-state index contributed by atoms with van der Waals surface area (Å²) in [5.74, 6) is 0.416. The highest BCUT2D eigenvalue weighted by Crippen LogP contribution is 2.39. The number of amides is 1. The second kappa shape index (κ2) is 6.50. The van der Waals surface area contributed by atoms with E-state index in [1.807, 2.05) is 54.8 Å². The smallest absolute Gasteiger partial charge is 0.255 e. The molecule has 1 amide bonds. The number of aromatic nitrogens is 2. The summed E-state index contributed by atoms with van der Waals surface area (Å²) in [6.45, 7) is 1.85. The molecule has 0 spiro atoms. The predicted octanol–water partition coefficient (Wildman–Crippen LogP) is 3.74. The predicted molar refractivity (Wildman–Crippen MR) is 101 cm³/mol. The van der Waals surface area contributed by atoms with Crippen LogP contribution in [0.1, 0.15) is 23.4 Å². The highest BCUT2D eigenvalue weighted by atomic mass is 32.1. The minimum Gasteiger partial charge on any atom is -0.343 e. The fourth-order valence-corrected chi connectivity index (χ4v) is 3.88. The molecular weight excluding hydrogens is 346 g/mol. The molecule has 26 heavy (non-hydrogen) atoms. The molecule has 1 aliphatic rings. The summed E-state index contributed by atoms with van der Waals surface area (Å²) in [6, 6.07) is 15.0. The van der Waals surface area contributed by atoms with Crippen LogP contribution in [0.5, 0.6) is 0 Å². The Morgan fingerprint density at radius 1 is 1.31 bits per heavy atom. The lowest BCUT2D eigenvalue weighted by Crippen LogP contribution is -2.31. The SMILES string of the molecule is CC1=C(C(=O)Nc2ccccc2)[C@H](c2cccs2)n2ncc(C#N)c2N1. The van der Waals surface area contributed by atoms with Crippen molar-refractivity contribution in [1.29, 1.82) is 5.26 Å². The van der Waals surface area contributed by atoms with Gasteiger partial charge in [0.25, 0.3) is 5.91 Å². The molecular formula is C19H15N5OS. The zero-order chi connectivity index (χ0) is 18.1. The van der Waals surface area contributed by atoms with Gasteiger partial charge in [0, 0.05) is 16.3 Å². The molecule has 128 valence electrons. The molecule has 0 saturated carbocycles. The molecule has 0 unspecified atom stereocenters. The molecule has 1 aromatic carbocycles. The average Bonchev–Trinajstić information content (AvgIpc) is 3.31. The number of hydrogen-bond donors (Lipinski definition) is 2. The molecule has 1 aliphatic heterocycles. The van der Waals surface area contributed by atoms with Crippen LogP contribution >= 0.6 is 11.3 Å². The number of nitriles is 1. The molecule has 1 atom stereocenters. The number of hydrogen-bond acceptors (Lipinski definition) is 5. The van der Waals surface area contributed by atoms with Gasteiger partial charge in [-0.1, -0.05) is 24.3 Å². The van der Waals surface area contributed by atoms with Crippen LogP contribution in [-0.2, 0) is 4.79 Å². The molecule has 3 heterocycles. The Morgan fingerprint density at radius 3 is 2.81 bits per heavy atom. The summed E-state index contributed by atoms with van der Waals surface area (Å²) in [6.07, 6.45) is 1.52. The highest BCUT2D eigenvalue weighted by molar-refractivity contribution is 7.10. The van der Waals surface area contributed by atoms with E-state index in [4.69, 9.17) is 0 Å². The molecule has 0 saturated heterocycles. The highest BCUT2D eigenvalue weighted by Gasteiger charge is 2.34. The fraction of sp³-hybridized carbons (Fsp3) is 0.105. The lowest BCUT2D eigenvalue weighted by Gasteiger charge is -2.29. The number of benzene rings is 1. The zero-order valence-electron chi connectivity index (χ0n) is 13.9. The third-order valence-corrected chi connectivity index (χ3v) is 5.16. The van der Waals surface area contributed by atoms with Gasteiger partial charge in [-0.3, -0.25) is 4.79 Å². The summed E-state index contributed by atoms with van der Waals surface area (Å²) in [4.78, 5) is 14.0. The third kappa shape index (κ3) is 2.66. The maximum absolute atomic E-state index is 13.1. The molecule has 4 rings (SSSR count). The molecule has 2 aromatic heterocycles. The number of allylic oxidation sites excluding steroid dienone is 1. The van der Waals surface area contributed by atoms with E-state index < -0.39 is 0 Å². The van der Waals surface area contributed by atoms with Gasteiger partial charge in [-0.2, -0.15) is 10.4 Å². The van der Waals surface area contributed by atoms with Crippen LogP contribution in [0.25, 0.3) is 0 Å². The Labute approximate surface area is 154 Å².